The molecule has 1 aromatic carbocycles. The maximum Gasteiger partial charge on any atom is 0.320 e. The molecule has 1 saturated carbocycles. The van der Waals surface area contributed by atoms with Crippen LogP contribution in [0.2, 0.25) is 0 Å². The number of amides is 1. The van der Waals surface area contributed by atoms with E-state index >= 15 is 0 Å². The lowest BCUT2D eigenvalue weighted by molar-refractivity contribution is -0.142. The van der Waals surface area contributed by atoms with Crippen LogP contribution in [-0.4, -0.2) is 54.2 Å². The van der Waals surface area contributed by atoms with Gasteiger partial charge in [0.25, 0.3) is 0 Å². The number of rotatable bonds is 5. The summed E-state index contributed by atoms with van der Waals surface area (Å²) in [7, 11) is -3.76. The Morgan fingerprint density at radius 3 is 2.52 bits per heavy atom. The van der Waals surface area contributed by atoms with Crippen LogP contribution in [0.5, 0.6) is 0 Å². The fraction of sp³-hybridized carbons (Fsp3) is 0.500. The van der Waals surface area contributed by atoms with E-state index in [0.717, 1.165) is 5.56 Å². The number of primary amides is 1. The molecule has 1 aliphatic heterocycles. The van der Waals surface area contributed by atoms with Gasteiger partial charge in [0.15, 0.2) is 15.3 Å². The Balaban J connectivity index is 1.93. The standard InChI is InChI=1S/C18H21N3O5S/c1-10-3-4-14(11(2)5-10)27(25,26)12-6-13(16(22)23)21(8-12)15-7-18(15,9-19)17(20)24/h3-5,12-13,15H,6-8H2,1-2H3,(H2,20,24)(H,22,23)/t12-,13+,15?,18?/m1/s1. The van der Waals surface area contributed by atoms with E-state index in [0.29, 0.717) is 5.56 Å². The summed E-state index contributed by atoms with van der Waals surface area (Å²) in [5.74, 6) is -1.98. The molecule has 1 amide bonds. The molecule has 1 aliphatic carbocycles. The van der Waals surface area contributed by atoms with Crippen molar-refractivity contribution in [1.82, 2.24) is 4.90 Å². The van der Waals surface area contributed by atoms with Gasteiger partial charge in [-0.1, -0.05) is 17.7 Å². The van der Waals surface area contributed by atoms with Gasteiger partial charge in [0.1, 0.15) is 6.04 Å². The number of aryl methyl sites for hydroxylation is 2. The Hall–Kier alpha value is -2.44. The number of sulfone groups is 1. The zero-order valence-electron chi connectivity index (χ0n) is 15.0. The second kappa shape index (κ2) is 6.32. The van der Waals surface area contributed by atoms with E-state index in [1.807, 2.05) is 13.0 Å². The first kappa shape index (κ1) is 19.3. The van der Waals surface area contributed by atoms with Gasteiger partial charge in [-0.05, 0) is 38.3 Å². The third-order valence-electron chi connectivity index (χ3n) is 5.63. The molecule has 2 aliphatic rings. The first-order valence-electron chi connectivity index (χ1n) is 8.55. The SMILES string of the molecule is Cc1ccc(S(=O)(=O)[C@@H]2C[C@@H](C(=O)O)N(C3CC3(C#N)C(N)=O)C2)c(C)c1. The number of carboxylic acids is 1. The number of hydrogen-bond donors (Lipinski definition) is 2. The maximum atomic E-state index is 13.1. The van der Waals surface area contributed by atoms with E-state index in [9.17, 15) is 28.4 Å². The van der Waals surface area contributed by atoms with E-state index in [-0.39, 0.29) is 24.3 Å². The van der Waals surface area contributed by atoms with Crippen LogP contribution < -0.4 is 5.73 Å². The normalized spacial score (nSPS) is 30.6. The molecule has 27 heavy (non-hydrogen) atoms. The molecule has 0 radical (unpaired) electrons. The van der Waals surface area contributed by atoms with Gasteiger partial charge in [0.05, 0.1) is 16.2 Å². The molecule has 3 rings (SSSR count). The van der Waals surface area contributed by atoms with Crippen molar-refractivity contribution in [2.24, 2.45) is 11.1 Å². The van der Waals surface area contributed by atoms with Gasteiger partial charge in [-0.3, -0.25) is 14.5 Å². The Morgan fingerprint density at radius 1 is 1.37 bits per heavy atom. The van der Waals surface area contributed by atoms with Crippen LogP contribution in [0.4, 0.5) is 0 Å². The number of carbonyl (C=O) groups excluding carboxylic acids is 1. The highest BCUT2D eigenvalue weighted by Gasteiger charge is 2.66. The molecule has 9 heteroatoms. The fourth-order valence-electron chi connectivity index (χ4n) is 4.02. The van der Waals surface area contributed by atoms with E-state index in [4.69, 9.17) is 5.73 Å². The van der Waals surface area contributed by atoms with Crippen molar-refractivity contribution in [3.8, 4) is 6.07 Å². The zero-order chi connectivity index (χ0) is 20.1. The molecule has 2 unspecified atom stereocenters. The Kier molecular flexibility index (Phi) is 4.52. The lowest BCUT2D eigenvalue weighted by Crippen LogP contribution is -2.42. The second-order valence-corrected chi connectivity index (χ2v) is 9.59. The lowest BCUT2D eigenvalue weighted by atomic mass is 10.1. The van der Waals surface area contributed by atoms with Crippen LogP contribution in [0, 0.1) is 30.6 Å². The molecule has 144 valence electrons. The number of likely N-dealkylation sites (tertiary alicyclic amines) is 1. The monoisotopic (exact) mass is 391 g/mol. The van der Waals surface area contributed by atoms with Crippen LogP contribution in [0.1, 0.15) is 24.0 Å². The van der Waals surface area contributed by atoms with E-state index in [2.05, 4.69) is 0 Å². The summed E-state index contributed by atoms with van der Waals surface area (Å²) >= 11 is 0. The predicted octanol–water partition coefficient (Wildman–Crippen LogP) is 0.372. The van der Waals surface area contributed by atoms with Crippen molar-refractivity contribution in [2.45, 2.75) is 48.9 Å². The summed E-state index contributed by atoms with van der Waals surface area (Å²) in [5, 5.41) is 17.9. The van der Waals surface area contributed by atoms with Crippen LogP contribution in [0.3, 0.4) is 0 Å². The minimum absolute atomic E-state index is 0.0476. The molecule has 0 bridgehead atoms. The average Bonchev–Trinajstić information content (AvgIpc) is 3.15. The molecule has 1 heterocycles. The number of nitrogens with two attached hydrogens (primary N) is 1. The number of nitrogens with zero attached hydrogens (tertiary/aromatic N) is 2. The van der Waals surface area contributed by atoms with Gasteiger partial charge in [-0.2, -0.15) is 5.26 Å². The van der Waals surface area contributed by atoms with Crippen molar-refractivity contribution >= 4 is 21.7 Å². The average molecular weight is 391 g/mol. The van der Waals surface area contributed by atoms with Crippen molar-refractivity contribution in [2.75, 3.05) is 6.54 Å². The van der Waals surface area contributed by atoms with Crippen LogP contribution >= 0.6 is 0 Å². The Morgan fingerprint density at radius 2 is 2.04 bits per heavy atom. The first-order valence-corrected chi connectivity index (χ1v) is 10.1. The van der Waals surface area contributed by atoms with Crippen LogP contribution in [0.15, 0.2) is 23.1 Å². The largest absolute Gasteiger partial charge is 0.480 e. The van der Waals surface area contributed by atoms with Crippen LogP contribution in [0.25, 0.3) is 0 Å². The predicted molar refractivity (Wildman–Crippen MR) is 95.3 cm³/mol. The van der Waals surface area contributed by atoms with Crippen molar-refractivity contribution in [3.05, 3.63) is 29.3 Å². The number of carboxylic acid groups (broad SMARTS) is 1. The highest BCUT2D eigenvalue weighted by molar-refractivity contribution is 7.92. The highest BCUT2D eigenvalue weighted by Crippen LogP contribution is 2.51. The quantitative estimate of drug-likeness (QED) is 0.738. The van der Waals surface area contributed by atoms with Crippen molar-refractivity contribution in [1.29, 1.82) is 5.26 Å². The molecule has 1 saturated heterocycles. The summed E-state index contributed by atoms with van der Waals surface area (Å²) in [4.78, 5) is 25.0. The van der Waals surface area contributed by atoms with Gasteiger partial charge >= 0.3 is 5.97 Å². The maximum absolute atomic E-state index is 13.1. The van der Waals surface area contributed by atoms with Crippen molar-refractivity contribution in [3.63, 3.8) is 0 Å². The Bertz CT molecular complexity index is 968. The van der Waals surface area contributed by atoms with E-state index < -0.39 is 44.5 Å². The van der Waals surface area contributed by atoms with Gasteiger partial charge in [-0.15, -0.1) is 0 Å². The van der Waals surface area contributed by atoms with E-state index in [1.165, 1.54) is 4.90 Å². The minimum Gasteiger partial charge on any atom is -0.480 e. The highest BCUT2D eigenvalue weighted by atomic mass is 32.2. The summed E-state index contributed by atoms with van der Waals surface area (Å²) in [6.07, 6.45) is 0.0285. The van der Waals surface area contributed by atoms with Crippen molar-refractivity contribution < 1.29 is 23.1 Å². The summed E-state index contributed by atoms with van der Waals surface area (Å²) in [6.45, 7) is 3.52. The number of carbonyl (C=O) groups is 2. The molecule has 8 nitrogen and oxygen atoms in total. The molecule has 2 fully saturated rings. The third-order valence-corrected chi connectivity index (χ3v) is 7.92. The molecule has 3 N–H and O–H groups in total. The third kappa shape index (κ3) is 2.99. The molecular formula is C18H21N3O5S. The number of nitriles is 1. The summed E-state index contributed by atoms with van der Waals surface area (Å²) in [6, 6.07) is 5.15. The van der Waals surface area contributed by atoms with E-state index in [1.54, 1.807) is 25.1 Å². The summed E-state index contributed by atoms with van der Waals surface area (Å²) in [5.41, 5.74) is 5.41. The first-order chi connectivity index (χ1) is 12.5. The topological polar surface area (TPSA) is 142 Å². The molecule has 4 atom stereocenters. The van der Waals surface area contributed by atoms with Gasteiger partial charge in [0, 0.05) is 12.6 Å². The molecular weight excluding hydrogens is 370 g/mol. The molecule has 0 aromatic heterocycles. The number of benzene rings is 1. The molecule has 1 aromatic rings. The zero-order valence-corrected chi connectivity index (χ0v) is 15.9. The number of hydrogen-bond acceptors (Lipinski definition) is 6. The minimum atomic E-state index is -3.76. The lowest BCUT2D eigenvalue weighted by Gasteiger charge is -2.22. The molecule has 0 spiro atoms. The number of aliphatic carboxylic acids is 1. The fourth-order valence-corrected chi connectivity index (χ4v) is 5.95. The van der Waals surface area contributed by atoms with Gasteiger partial charge < -0.3 is 10.8 Å². The second-order valence-electron chi connectivity index (χ2n) is 7.39. The Labute approximate surface area is 157 Å². The summed E-state index contributed by atoms with van der Waals surface area (Å²) < 4.78 is 26.2. The van der Waals surface area contributed by atoms with Crippen LogP contribution in [-0.2, 0) is 19.4 Å². The van der Waals surface area contributed by atoms with Gasteiger partial charge in [0.2, 0.25) is 5.91 Å². The smallest absolute Gasteiger partial charge is 0.320 e. The van der Waals surface area contributed by atoms with Gasteiger partial charge in [-0.25, -0.2) is 8.42 Å².